The zero-order valence-electron chi connectivity index (χ0n) is 25.0. The summed E-state index contributed by atoms with van der Waals surface area (Å²) in [6, 6.07) is 14.2. The van der Waals surface area contributed by atoms with Crippen LogP contribution in [0.2, 0.25) is 0 Å². The van der Waals surface area contributed by atoms with Gasteiger partial charge in [0.05, 0.1) is 11.6 Å². The Kier molecular flexibility index (Phi) is 6.92. The van der Waals surface area contributed by atoms with Crippen LogP contribution in [0, 0.1) is 11.8 Å². The molecule has 228 valence electrons. The van der Waals surface area contributed by atoms with Crippen molar-refractivity contribution in [1.29, 1.82) is 0 Å². The number of allylic oxidation sites excluding steroid dienone is 1. The highest BCUT2D eigenvalue weighted by Crippen LogP contribution is 2.53. The van der Waals surface area contributed by atoms with Crippen LogP contribution in [-0.4, -0.2) is 87.5 Å². The topological polar surface area (TPSA) is 165 Å². The molecule has 44 heavy (non-hydrogen) atoms. The van der Waals surface area contributed by atoms with Gasteiger partial charge in [0, 0.05) is 18.0 Å². The van der Waals surface area contributed by atoms with Crippen LogP contribution < -0.4 is 5.73 Å². The molecule has 6 N–H and O–H groups in total. The minimum atomic E-state index is -2.67. The number of rotatable bonds is 5. The number of hydrogen-bond donors (Lipinski definition) is 5. The molecular weight excluding hydrogens is 562 g/mol. The molecule has 1 unspecified atom stereocenters. The Morgan fingerprint density at radius 3 is 2.25 bits per heavy atom. The first-order valence-corrected chi connectivity index (χ1v) is 14.4. The van der Waals surface area contributed by atoms with Crippen LogP contribution in [0.1, 0.15) is 27.9 Å². The highest BCUT2D eigenvalue weighted by Gasteiger charge is 2.63. The van der Waals surface area contributed by atoms with Crippen LogP contribution >= 0.6 is 0 Å². The van der Waals surface area contributed by atoms with Gasteiger partial charge in [-0.05, 0) is 86.0 Å². The molecule has 3 aliphatic carbocycles. The standard InChI is InChI=1S/C34H35N3O7/c1-36(2)15-16-9-10-20(19-8-6-5-7-18(16)19)21-11-12-24(38)26-22(21)13-17-14-23-28(37(3)4)30(40)27(33(35)43)32(42)34(23,44)31(41)25(17)29(26)39/h5-12,17,23,28,38,40-41,44H,13-15H2,1-4H3,(H2,35,43)/t17-,23-,28?,34-/m1/s1. The van der Waals surface area contributed by atoms with Crippen LogP contribution in [0.3, 0.4) is 0 Å². The number of aliphatic hydroxyl groups excluding tert-OH is 2. The number of ketones is 2. The van der Waals surface area contributed by atoms with Crippen LogP contribution in [0.25, 0.3) is 21.9 Å². The van der Waals surface area contributed by atoms with Gasteiger partial charge >= 0.3 is 0 Å². The van der Waals surface area contributed by atoms with Crippen molar-refractivity contribution in [2.45, 2.75) is 31.0 Å². The van der Waals surface area contributed by atoms with E-state index in [1.807, 2.05) is 38.4 Å². The van der Waals surface area contributed by atoms with Crippen molar-refractivity contribution in [1.82, 2.24) is 9.80 Å². The van der Waals surface area contributed by atoms with E-state index in [1.54, 1.807) is 20.2 Å². The monoisotopic (exact) mass is 597 g/mol. The Morgan fingerprint density at radius 2 is 1.61 bits per heavy atom. The van der Waals surface area contributed by atoms with Crippen molar-refractivity contribution < 1.29 is 34.8 Å². The summed E-state index contributed by atoms with van der Waals surface area (Å²) in [7, 11) is 7.21. The second kappa shape index (κ2) is 10.3. The zero-order chi connectivity index (χ0) is 31.8. The van der Waals surface area contributed by atoms with Crippen molar-refractivity contribution in [2.75, 3.05) is 28.2 Å². The van der Waals surface area contributed by atoms with Gasteiger partial charge in [-0.1, -0.05) is 42.5 Å². The molecule has 10 heteroatoms. The Labute approximate surface area is 254 Å². The molecule has 0 bridgehead atoms. The summed E-state index contributed by atoms with van der Waals surface area (Å²) < 4.78 is 0. The van der Waals surface area contributed by atoms with Crippen molar-refractivity contribution >= 4 is 28.2 Å². The second-order valence-corrected chi connectivity index (χ2v) is 12.5. The molecule has 3 aromatic rings. The van der Waals surface area contributed by atoms with E-state index in [-0.39, 0.29) is 29.7 Å². The fraction of sp³-hybridized carbons (Fsp3) is 0.324. The number of aliphatic hydroxyl groups is 3. The molecule has 0 saturated carbocycles. The lowest BCUT2D eigenvalue weighted by atomic mass is 9.58. The Bertz CT molecular complexity index is 1840. The number of carbonyl (C=O) groups excluding carboxylic acids is 3. The Hall–Kier alpha value is -4.51. The van der Waals surface area contributed by atoms with E-state index in [1.165, 1.54) is 11.0 Å². The number of fused-ring (bicyclic) bond motifs is 4. The molecule has 0 aliphatic heterocycles. The first-order chi connectivity index (χ1) is 20.8. The number of likely N-dealkylation sites (N-methyl/N-ethyl adjacent to an activating group) is 1. The number of Topliss-reactive ketones (excluding diaryl/α,β-unsaturated/α-hetero) is 2. The minimum absolute atomic E-state index is 0.00951. The van der Waals surface area contributed by atoms with Crippen LogP contribution in [0.5, 0.6) is 5.75 Å². The smallest absolute Gasteiger partial charge is 0.255 e. The lowest BCUT2D eigenvalue weighted by molar-refractivity contribution is -0.148. The number of phenolic OH excluding ortho intramolecular Hbond substituents is 1. The van der Waals surface area contributed by atoms with E-state index < -0.39 is 58.0 Å². The van der Waals surface area contributed by atoms with E-state index in [2.05, 4.69) is 17.0 Å². The number of benzene rings is 3. The maximum Gasteiger partial charge on any atom is 0.255 e. The van der Waals surface area contributed by atoms with Gasteiger partial charge in [0.25, 0.3) is 5.91 Å². The summed E-state index contributed by atoms with van der Waals surface area (Å²) in [5, 5.41) is 47.4. The lowest BCUT2D eigenvalue weighted by Crippen LogP contribution is -2.63. The molecule has 0 fully saturated rings. The second-order valence-electron chi connectivity index (χ2n) is 12.5. The number of amides is 1. The molecule has 4 atom stereocenters. The summed E-state index contributed by atoms with van der Waals surface area (Å²) in [5.74, 6) is -6.70. The molecule has 3 aromatic carbocycles. The van der Waals surface area contributed by atoms with Gasteiger partial charge in [0.2, 0.25) is 5.78 Å². The SMILES string of the molecule is CN(C)Cc1ccc(-c2ccc(O)c3c2C[C@@H]2C[C@@H]4C(N(C)C)C(O)=C(C(N)=O)C(=O)[C@]4(O)C(O)=C2C3=O)c2ccccc12. The summed E-state index contributed by atoms with van der Waals surface area (Å²) in [6.45, 7) is 0.733. The first kappa shape index (κ1) is 29.6. The Balaban J connectivity index is 1.55. The number of nitrogens with two attached hydrogens (primary N) is 1. The molecule has 1 amide bonds. The average Bonchev–Trinajstić information content (AvgIpc) is 2.95. The van der Waals surface area contributed by atoms with Crippen molar-refractivity contribution in [3.63, 3.8) is 0 Å². The van der Waals surface area contributed by atoms with Gasteiger partial charge in [-0.25, -0.2) is 0 Å². The highest BCUT2D eigenvalue weighted by molar-refractivity contribution is 6.25. The third kappa shape index (κ3) is 4.09. The largest absolute Gasteiger partial charge is 0.510 e. The highest BCUT2D eigenvalue weighted by atomic mass is 16.3. The predicted octanol–water partition coefficient (Wildman–Crippen LogP) is 3.00. The minimum Gasteiger partial charge on any atom is -0.510 e. The molecular formula is C34H35N3O7. The third-order valence-corrected chi connectivity index (χ3v) is 9.40. The van der Waals surface area contributed by atoms with Gasteiger partial charge in [0.1, 0.15) is 22.8 Å². The van der Waals surface area contributed by atoms with Gasteiger partial charge in [-0.2, -0.15) is 0 Å². The number of aromatic hydroxyl groups is 1. The maximum absolute atomic E-state index is 14.2. The predicted molar refractivity (Wildman–Crippen MR) is 164 cm³/mol. The van der Waals surface area contributed by atoms with Crippen LogP contribution in [0.4, 0.5) is 0 Å². The van der Waals surface area contributed by atoms with Crippen molar-refractivity contribution in [3.8, 4) is 16.9 Å². The van der Waals surface area contributed by atoms with E-state index in [9.17, 15) is 34.8 Å². The molecule has 0 radical (unpaired) electrons. The van der Waals surface area contributed by atoms with Crippen LogP contribution in [0.15, 0.2) is 71.2 Å². The van der Waals surface area contributed by atoms with Gasteiger partial charge in [-0.15, -0.1) is 0 Å². The molecule has 0 spiro atoms. The molecule has 0 saturated heterocycles. The first-order valence-electron chi connectivity index (χ1n) is 14.4. The third-order valence-electron chi connectivity index (χ3n) is 9.40. The fourth-order valence-electron chi connectivity index (χ4n) is 7.58. The van der Waals surface area contributed by atoms with E-state index in [4.69, 9.17) is 5.73 Å². The summed E-state index contributed by atoms with van der Waals surface area (Å²) in [5.41, 5.74) is 5.09. The molecule has 0 heterocycles. The molecule has 3 aliphatic rings. The summed E-state index contributed by atoms with van der Waals surface area (Å²) in [4.78, 5) is 43.5. The van der Waals surface area contributed by atoms with Gasteiger partial charge in [0.15, 0.2) is 11.4 Å². The normalized spacial score (nSPS) is 25.0. The Morgan fingerprint density at radius 1 is 0.955 bits per heavy atom. The van der Waals surface area contributed by atoms with Crippen molar-refractivity contribution in [2.24, 2.45) is 17.6 Å². The lowest BCUT2D eigenvalue weighted by Gasteiger charge is -2.50. The maximum atomic E-state index is 14.2. The number of carbonyl (C=O) groups is 3. The quantitative estimate of drug-likeness (QED) is 0.278. The number of hydrogen-bond acceptors (Lipinski definition) is 9. The van der Waals surface area contributed by atoms with Crippen LogP contribution in [-0.2, 0) is 22.6 Å². The number of phenols is 1. The summed E-state index contributed by atoms with van der Waals surface area (Å²) >= 11 is 0. The van der Waals surface area contributed by atoms with E-state index in [0.29, 0.717) is 5.56 Å². The van der Waals surface area contributed by atoms with E-state index >= 15 is 0 Å². The summed E-state index contributed by atoms with van der Waals surface area (Å²) in [6.07, 6.45) is 0.245. The number of nitrogens with zero attached hydrogens (tertiary/aromatic N) is 2. The number of primary amides is 1. The molecule has 10 nitrogen and oxygen atoms in total. The fourth-order valence-corrected chi connectivity index (χ4v) is 7.58. The van der Waals surface area contributed by atoms with Crippen molar-refractivity contribution in [3.05, 3.63) is 87.9 Å². The molecule has 6 rings (SSSR count). The van der Waals surface area contributed by atoms with Gasteiger partial charge < -0.3 is 31.1 Å². The average molecular weight is 598 g/mol. The molecule has 0 aromatic heterocycles. The zero-order valence-corrected chi connectivity index (χ0v) is 25.0. The van der Waals surface area contributed by atoms with Gasteiger partial charge in [-0.3, -0.25) is 19.3 Å². The van der Waals surface area contributed by atoms with E-state index in [0.717, 1.165) is 34.0 Å².